The Labute approximate surface area is 127 Å². The largest absolute Gasteiger partial charge is 0.326 e. The van der Waals surface area contributed by atoms with E-state index >= 15 is 0 Å². The Hall–Kier alpha value is -1.63. The van der Waals surface area contributed by atoms with E-state index in [1.165, 1.54) is 12.1 Å². The van der Waals surface area contributed by atoms with Gasteiger partial charge in [-0.1, -0.05) is 23.7 Å². The molecular weight excluding hydrogens is 315 g/mol. The molecule has 0 aliphatic heterocycles. The van der Waals surface area contributed by atoms with Crippen molar-refractivity contribution in [3.8, 4) is 0 Å². The Morgan fingerprint density at radius 3 is 2.57 bits per heavy atom. The van der Waals surface area contributed by atoms with Crippen molar-refractivity contribution >= 4 is 27.3 Å². The number of anilines is 1. The maximum atomic E-state index is 13.3. The molecule has 2 aromatic rings. The van der Waals surface area contributed by atoms with Gasteiger partial charge in [-0.3, -0.25) is 4.72 Å². The summed E-state index contributed by atoms with van der Waals surface area (Å²) in [6, 6.07) is 8.36. The van der Waals surface area contributed by atoms with Crippen molar-refractivity contribution in [1.82, 2.24) is 0 Å². The Morgan fingerprint density at radius 2 is 1.95 bits per heavy atom. The SMILES string of the molecule is Cc1ccc(NS(=O)(=O)c2cc(F)ccc2CN)c(Cl)c1. The number of nitrogens with one attached hydrogen (secondary N) is 1. The number of hydrogen-bond donors (Lipinski definition) is 2. The summed E-state index contributed by atoms with van der Waals surface area (Å²) in [5.74, 6) is -0.650. The van der Waals surface area contributed by atoms with Crippen LogP contribution in [0.5, 0.6) is 0 Å². The Morgan fingerprint density at radius 1 is 1.24 bits per heavy atom. The summed E-state index contributed by atoms with van der Waals surface area (Å²) in [7, 11) is -3.97. The highest BCUT2D eigenvalue weighted by Crippen LogP contribution is 2.27. The second-order valence-electron chi connectivity index (χ2n) is 4.54. The quantitative estimate of drug-likeness (QED) is 0.906. The smallest absolute Gasteiger partial charge is 0.262 e. The molecule has 112 valence electrons. The predicted molar refractivity (Wildman–Crippen MR) is 81.3 cm³/mol. The van der Waals surface area contributed by atoms with E-state index in [-0.39, 0.29) is 22.2 Å². The minimum absolute atomic E-state index is 0.0157. The second-order valence-corrected chi connectivity index (χ2v) is 6.60. The Kier molecular flexibility index (Phi) is 4.51. The number of sulfonamides is 1. The van der Waals surface area contributed by atoms with Gasteiger partial charge in [0.15, 0.2) is 0 Å². The first-order valence-corrected chi connectivity index (χ1v) is 7.97. The van der Waals surface area contributed by atoms with Gasteiger partial charge in [0.25, 0.3) is 10.0 Å². The molecule has 2 rings (SSSR count). The van der Waals surface area contributed by atoms with Crippen molar-refractivity contribution in [3.05, 3.63) is 58.4 Å². The third-order valence-corrected chi connectivity index (χ3v) is 4.67. The second kappa shape index (κ2) is 6.01. The summed E-state index contributed by atoms with van der Waals surface area (Å²) >= 11 is 6.00. The van der Waals surface area contributed by atoms with E-state index in [0.29, 0.717) is 5.56 Å². The van der Waals surface area contributed by atoms with E-state index in [2.05, 4.69) is 4.72 Å². The van der Waals surface area contributed by atoms with Gasteiger partial charge in [0.2, 0.25) is 0 Å². The molecule has 7 heteroatoms. The van der Waals surface area contributed by atoms with Crippen molar-refractivity contribution in [3.63, 3.8) is 0 Å². The highest BCUT2D eigenvalue weighted by Gasteiger charge is 2.20. The van der Waals surface area contributed by atoms with Crippen LogP contribution in [0.25, 0.3) is 0 Å². The molecule has 21 heavy (non-hydrogen) atoms. The summed E-state index contributed by atoms with van der Waals surface area (Å²) < 4.78 is 40.4. The lowest BCUT2D eigenvalue weighted by molar-refractivity contribution is 0.593. The van der Waals surface area contributed by atoms with Gasteiger partial charge in [-0.05, 0) is 42.3 Å². The minimum atomic E-state index is -3.97. The molecule has 0 spiro atoms. The van der Waals surface area contributed by atoms with Crippen molar-refractivity contribution in [2.45, 2.75) is 18.4 Å². The van der Waals surface area contributed by atoms with Gasteiger partial charge in [-0.25, -0.2) is 12.8 Å². The van der Waals surface area contributed by atoms with Crippen molar-refractivity contribution in [1.29, 1.82) is 0 Å². The zero-order chi connectivity index (χ0) is 15.6. The van der Waals surface area contributed by atoms with Crippen LogP contribution in [0.15, 0.2) is 41.3 Å². The minimum Gasteiger partial charge on any atom is -0.326 e. The lowest BCUT2D eigenvalue weighted by Crippen LogP contribution is -2.17. The molecule has 0 atom stereocenters. The molecule has 4 nitrogen and oxygen atoms in total. The fourth-order valence-electron chi connectivity index (χ4n) is 1.85. The van der Waals surface area contributed by atoms with Gasteiger partial charge in [-0.2, -0.15) is 0 Å². The summed E-state index contributed by atoms with van der Waals surface area (Å²) in [5, 5.41) is 0.268. The monoisotopic (exact) mass is 328 g/mol. The molecule has 0 aliphatic carbocycles. The third kappa shape index (κ3) is 3.53. The number of rotatable bonds is 4. The lowest BCUT2D eigenvalue weighted by atomic mass is 10.2. The van der Waals surface area contributed by atoms with Crippen LogP contribution in [0.3, 0.4) is 0 Å². The standard InChI is InChI=1S/C14H14ClFN2O2S/c1-9-2-5-13(12(15)6-9)18-21(19,20)14-7-11(16)4-3-10(14)8-17/h2-7,18H,8,17H2,1H3. The van der Waals surface area contributed by atoms with Crippen LogP contribution in [0, 0.1) is 12.7 Å². The molecule has 0 unspecified atom stereocenters. The van der Waals surface area contributed by atoms with E-state index in [9.17, 15) is 12.8 Å². The normalized spacial score (nSPS) is 11.4. The van der Waals surface area contributed by atoms with Crippen LogP contribution < -0.4 is 10.5 Å². The average molecular weight is 329 g/mol. The van der Waals surface area contributed by atoms with E-state index in [1.54, 1.807) is 18.2 Å². The van der Waals surface area contributed by atoms with Crippen molar-refractivity contribution in [2.24, 2.45) is 5.73 Å². The predicted octanol–water partition coefficient (Wildman–Crippen LogP) is 3.05. The molecular formula is C14H14ClFN2O2S. The van der Waals surface area contributed by atoms with Crippen molar-refractivity contribution < 1.29 is 12.8 Å². The number of aryl methyl sites for hydroxylation is 1. The molecule has 0 bridgehead atoms. The fourth-order valence-corrected chi connectivity index (χ4v) is 3.53. The van der Waals surface area contributed by atoms with Gasteiger partial charge >= 0.3 is 0 Å². The molecule has 3 N–H and O–H groups in total. The van der Waals surface area contributed by atoms with E-state index < -0.39 is 15.8 Å². The summed E-state index contributed by atoms with van der Waals surface area (Å²) in [6.07, 6.45) is 0. The van der Waals surface area contributed by atoms with Gasteiger partial charge in [0.1, 0.15) is 5.82 Å². The van der Waals surface area contributed by atoms with Crippen LogP contribution in [0.2, 0.25) is 5.02 Å². The summed E-state index contributed by atoms with van der Waals surface area (Å²) in [5.41, 5.74) is 6.96. The van der Waals surface area contributed by atoms with Gasteiger partial charge in [0.05, 0.1) is 15.6 Å². The maximum absolute atomic E-state index is 13.3. The van der Waals surface area contributed by atoms with E-state index in [1.807, 2.05) is 6.92 Å². The van der Waals surface area contributed by atoms with E-state index in [0.717, 1.165) is 11.6 Å². The topological polar surface area (TPSA) is 72.2 Å². The van der Waals surface area contributed by atoms with Crippen molar-refractivity contribution in [2.75, 3.05) is 4.72 Å². The summed E-state index contributed by atoms with van der Waals surface area (Å²) in [6.45, 7) is 1.82. The number of benzene rings is 2. The lowest BCUT2D eigenvalue weighted by Gasteiger charge is -2.13. The summed E-state index contributed by atoms with van der Waals surface area (Å²) in [4.78, 5) is -0.193. The first-order chi connectivity index (χ1) is 9.83. The molecule has 0 radical (unpaired) electrons. The molecule has 0 aromatic heterocycles. The zero-order valence-electron chi connectivity index (χ0n) is 11.2. The third-order valence-electron chi connectivity index (χ3n) is 2.91. The van der Waals surface area contributed by atoms with Gasteiger partial charge < -0.3 is 5.73 Å². The number of hydrogen-bond acceptors (Lipinski definition) is 3. The van der Waals surface area contributed by atoms with Crippen LogP contribution in [-0.4, -0.2) is 8.42 Å². The average Bonchev–Trinajstić information content (AvgIpc) is 2.42. The molecule has 0 amide bonds. The van der Waals surface area contributed by atoms with Crippen LogP contribution in [0.1, 0.15) is 11.1 Å². The van der Waals surface area contributed by atoms with Crippen LogP contribution >= 0.6 is 11.6 Å². The Balaban J connectivity index is 2.45. The molecule has 0 fully saturated rings. The first-order valence-electron chi connectivity index (χ1n) is 6.11. The zero-order valence-corrected chi connectivity index (χ0v) is 12.8. The highest BCUT2D eigenvalue weighted by atomic mass is 35.5. The maximum Gasteiger partial charge on any atom is 0.262 e. The Bertz CT molecular complexity index is 779. The first kappa shape index (κ1) is 15.8. The fraction of sp³-hybridized carbons (Fsp3) is 0.143. The molecule has 0 saturated carbocycles. The van der Waals surface area contributed by atoms with Crippen LogP contribution in [-0.2, 0) is 16.6 Å². The molecule has 2 aromatic carbocycles. The van der Waals surface area contributed by atoms with Gasteiger partial charge in [0, 0.05) is 6.54 Å². The number of halogens is 2. The van der Waals surface area contributed by atoms with E-state index in [4.69, 9.17) is 17.3 Å². The van der Waals surface area contributed by atoms with Gasteiger partial charge in [-0.15, -0.1) is 0 Å². The number of nitrogens with two attached hydrogens (primary N) is 1. The molecule has 0 saturated heterocycles. The highest BCUT2D eigenvalue weighted by molar-refractivity contribution is 7.92. The molecule has 0 aliphatic rings. The molecule has 0 heterocycles. The van der Waals surface area contributed by atoms with Crippen LogP contribution in [0.4, 0.5) is 10.1 Å².